The summed E-state index contributed by atoms with van der Waals surface area (Å²) >= 11 is 11.7. The fourth-order valence-electron chi connectivity index (χ4n) is 2.77. The van der Waals surface area contributed by atoms with E-state index in [4.69, 9.17) is 16.6 Å². The maximum absolute atomic E-state index is 6.09. The topological polar surface area (TPSA) is 36.4 Å². The van der Waals surface area contributed by atoms with Crippen molar-refractivity contribution in [3.8, 4) is 0 Å². The van der Waals surface area contributed by atoms with Gasteiger partial charge in [0.25, 0.3) is 0 Å². The van der Waals surface area contributed by atoms with Gasteiger partial charge in [-0.2, -0.15) is 11.8 Å². The first-order valence-corrected chi connectivity index (χ1v) is 11.2. The summed E-state index contributed by atoms with van der Waals surface area (Å²) in [7, 11) is 0. The van der Waals surface area contributed by atoms with Gasteiger partial charge in [0.2, 0.25) is 0 Å². The Morgan fingerprint density at radius 3 is 2.85 bits per heavy atom. The van der Waals surface area contributed by atoms with Crippen LogP contribution < -0.4 is 10.6 Å². The largest absolute Gasteiger partial charge is 0.383 e. The Morgan fingerprint density at radius 1 is 1.08 bits per heavy atom. The molecule has 0 amide bonds. The maximum Gasteiger partial charge on any atom is 0.101 e. The maximum atomic E-state index is 6.09. The van der Waals surface area contributed by atoms with E-state index in [9.17, 15) is 0 Å². The van der Waals surface area contributed by atoms with Gasteiger partial charge < -0.3 is 10.6 Å². The number of halogens is 2. The summed E-state index contributed by atoms with van der Waals surface area (Å²) in [6, 6.07) is 14.2. The molecule has 2 N–H and O–H groups in total. The standard InChI is InChI=1S/C20H23BrClN3S/c21-16-7-8-18-19(13-16)25-20(6-2-10-26-11-3-9-23-18)24-14-15-4-1-5-17(22)12-15/h1,4-5,7-8,12-13,23H,2-3,6,9-11,14H2,(H,24,25). The van der Waals surface area contributed by atoms with Crippen molar-refractivity contribution in [2.75, 3.05) is 28.7 Å². The van der Waals surface area contributed by atoms with Crippen molar-refractivity contribution >= 4 is 56.5 Å². The lowest BCUT2D eigenvalue weighted by Gasteiger charge is -2.17. The van der Waals surface area contributed by atoms with Crippen molar-refractivity contribution in [1.82, 2.24) is 0 Å². The number of rotatable bonds is 2. The highest BCUT2D eigenvalue weighted by molar-refractivity contribution is 9.10. The van der Waals surface area contributed by atoms with Crippen molar-refractivity contribution in [3.05, 3.63) is 57.5 Å². The summed E-state index contributed by atoms with van der Waals surface area (Å²) in [5.41, 5.74) is 3.31. The van der Waals surface area contributed by atoms with Crippen LogP contribution in [0.2, 0.25) is 5.02 Å². The molecule has 0 radical (unpaired) electrons. The number of nitrogens with zero attached hydrogens (tertiary/aromatic N) is 1. The second-order valence-corrected chi connectivity index (χ2v) is 8.78. The van der Waals surface area contributed by atoms with Gasteiger partial charge >= 0.3 is 0 Å². The third-order valence-electron chi connectivity index (χ3n) is 4.09. The zero-order valence-corrected chi connectivity index (χ0v) is 17.8. The SMILES string of the molecule is Clc1cccc(CN=C2CCCSCCCNc3ccc(Br)cc3N2)c1. The first-order chi connectivity index (χ1) is 12.7. The van der Waals surface area contributed by atoms with Gasteiger partial charge in [-0.3, -0.25) is 4.99 Å². The number of hydrogen-bond donors (Lipinski definition) is 2. The van der Waals surface area contributed by atoms with Gasteiger partial charge in [-0.05, 0) is 60.2 Å². The minimum atomic E-state index is 0.632. The van der Waals surface area contributed by atoms with E-state index in [1.165, 1.54) is 17.9 Å². The third kappa shape index (κ3) is 6.22. The van der Waals surface area contributed by atoms with E-state index in [2.05, 4.69) is 50.8 Å². The Labute approximate surface area is 173 Å². The molecule has 2 aromatic rings. The summed E-state index contributed by atoms with van der Waals surface area (Å²) in [5, 5.41) is 7.85. The monoisotopic (exact) mass is 451 g/mol. The van der Waals surface area contributed by atoms with Gasteiger partial charge in [0.15, 0.2) is 0 Å². The quantitative estimate of drug-likeness (QED) is 0.550. The van der Waals surface area contributed by atoms with E-state index >= 15 is 0 Å². The van der Waals surface area contributed by atoms with Crippen molar-refractivity contribution in [1.29, 1.82) is 0 Å². The summed E-state index contributed by atoms with van der Waals surface area (Å²) < 4.78 is 1.06. The molecule has 0 saturated heterocycles. The van der Waals surface area contributed by atoms with Gasteiger partial charge in [-0.1, -0.05) is 39.7 Å². The molecule has 0 atom stereocenters. The Hall–Kier alpha value is -1.17. The zero-order valence-electron chi connectivity index (χ0n) is 14.6. The van der Waals surface area contributed by atoms with E-state index in [0.29, 0.717) is 6.54 Å². The van der Waals surface area contributed by atoms with Crippen LogP contribution in [0.5, 0.6) is 0 Å². The highest BCUT2D eigenvalue weighted by Gasteiger charge is 2.08. The van der Waals surface area contributed by atoms with Crippen molar-refractivity contribution in [3.63, 3.8) is 0 Å². The molecular weight excluding hydrogens is 430 g/mol. The smallest absolute Gasteiger partial charge is 0.101 e. The first kappa shape index (κ1) is 19.6. The van der Waals surface area contributed by atoms with Crippen LogP contribution in [-0.4, -0.2) is 23.9 Å². The van der Waals surface area contributed by atoms with E-state index in [0.717, 1.165) is 51.7 Å². The molecule has 26 heavy (non-hydrogen) atoms. The third-order valence-corrected chi connectivity index (χ3v) is 5.97. The molecule has 0 saturated carbocycles. The number of thioether (sulfide) groups is 1. The minimum Gasteiger partial charge on any atom is -0.383 e. The van der Waals surface area contributed by atoms with E-state index in [1.54, 1.807) is 0 Å². The molecule has 6 heteroatoms. The molecular formula is C20H23BrClN3S. The fourth-order valence-corrected chi connectivity index (χ4v) is 4.25. The Balaban J connectivity index is 1.81. The number of hydrogen-bond acceptors (Lipinski definition) is 3. The average molecular weight is 453 g/mol. The normalized spacial score (nSPS) is 17.4. The molecule has 1 heterocycles. The summed E-state index contributed by atoms with van der Waals surface area (Å²) in [6.45, 7) is 1.62. The van der Waals surface area contributed by atoms with Gasteiger partial charge in [0.1, 0.15) is 5.84 Å². The lowest BCUT2D eigenvalue weighted by atomic mass is 10.2. The molecule has 0 aromatic heterocycles. The van der Waals surface area contributed by atoms with Crippen LogP contribution in [-0.2, 0) is 6.54 Å². The van der Waals surface area contributed by atoms with Crippen molar-refractivity contribution in [2.45, 2.75) is 25.8 Å². The molecule has 1 aliphatic rings. The molecule has 0 unspecified atom stereocenters. The number of anilines is 2. The molecule has 1 aliphatic heterocycles. The number of amidine groups is 1. The van der Waals surface area contributed by atoms with Crippen LogP contribution in [0.25, 0.3) is 0 Å². The second kappa shape index (κ2) is 10.2. The van der Waals surface area contributed by atoms with Gasteiger partial charge in [-0.25, -0.2) is 0 Å². The predicted octanol–water partition coefficient (Wildman–Crippen LogP) is 6.44. The van der Waals surface area contributed by atoms with Crippen molar-refractivity contribution in [2.24, 2.45) is 4.99 Å². The molecule has 2 aromatic carbocycles. The summed E-state index contributed by atoms with van der Waals surface area (Å²) in [4.78, 5) is 4.85. The van der Waals surface area contributed by atoms with E-state index in [1.807, 2.05) is 30.0 Å². The average Bonchev–Trinajstić information content (AvgIpc) is 2.62. The lowest BCUT2D eigenvalue weighted by molar-refractivity contribution is 0.956. The molecule has 138 valence electrons. The Morgan fingerprint density at radius 2 is 1.96 bits per heavy atom. The molecule has 0 fully saturated rings. The lowest BCUT2D eigenvalue weighted by Crippen LogP contribution is -2.16. The molecule has 0 spiro atoms. The molecule has 3 rings (SSSR count). The fraction of sp³-hybridized carbons (Fsp3) is 0.350. The Kier molecular flexibility index (Phi) is 7.71. The van der Waals surface area contributed by atoms with Gasteiger partial charge in [0.05, 0.1) is 17.9 Å². The van der Waals surface area contributed by atoms with Crippen LogP contribution in [0.15, 0.2) is 51.9 Å². The highest BCUT2D eigenvalue weighted by atomic mass is 79.9. The van der Waals surface area contributed by atoms with Crippen LogP contribution in [0, 0.1) is 0 Å². The highest BCUT2D eigenvalue weighted by Crippen LogP contribution is 2.27. The number of benzene rings is 2. The minimum absolute atomic E-state index is 0.632. The second-order valence-electron chi connectivity index (χ2n) is 6.20. The molecule has 3 nitrogen and oxygen atoms in total. The van der Waals surface area contributed by atoms with Gasteiger partial charge in [0, 0.05) is 22.5 Å². The Bertz CT molecular complexity index is 766. The van der Waals surface area contributed by atoms with Crippen LogP contribution in [0.4, 0.5) is 11.4 Å². The summed E-state index contributed by atoms with van der Waals surface area (Å²) in [6.07, 6.45) is 3.25. The van der Waals surface area contributed by atoms with E-state index in [-0.39, 0.29) is 0 Å². The number of aliphatic imine (C=N–C) groups is 1. The van der Waals surface area contributed by atoms with Crippen molar-refractivity contribution < 1.29 is 0 Å². The van der Waals surface area contributed by atoms with E-state index < -0.39 is 0 Å². The van der Waals surface area contributed by atoms with Crippen LogP contribution in [0.3, 0.4) is 0 Å². The molecule has 0 aliphatic carbocycles. The number of fused-ring (bicyclic) bond motifs is 1. The first-order valence-electron chi connectivity index (χ1n) is 8.87. The number of nitrogens with one attached hydrogen (secondary N) is 2. The summed E-state index contributed by atoms with van der Waals surface area (Å²) in [5.74, 6) is 3.39. The van der Waals surface area contributed by atoms with Gasteiger partial charge in [-0.15, -0.1) is 0 Å². The van der Waals surface area contributed by atoms with Crippen LogP contribution >= 0.6 is 39.3 Å². The molecule has 0 bridgehead atoms. The van der Waals surface area contributed by atoms with Crippen LogP contribution in [0.1, 0.15) is 24.8 Å². The predicted molar refractivity (Wildman–Crippen MR) is 120 cm³/mol. The zero-order chi connectivity index (χ0) is 18.2.